The Hall–Kier alpha value is -1.36. The summed E-state index contributed by atoms with van der Waals surface area (Å²) in [5.74, 6) is 0.541. The van der Waals surface area contributed by atoms with Gasteiger partial charge in [-0.05, 0) is 37.7 Å². The van der Waals surface area contributed by atoms with Crippen molar-refractivity contribution in [2.24, 2.45) is 5.92 Å². The van der Waals surface area contributed by atoms with Crippen molar-refractivity contribution < 1.29 is 13.2 Å². The fraction of sp³-hybridized carbons (Fsp3) is 0.632. The van der Waals surface area contributed by atoms with Crippen LogP contribution >= 0.6 is 0 Å². The third kappa shape index (κ3) is 5.33. The monoisotopic (exact) mass is 351 g/mol. The van der Waals surface area contributed by atoms with E-state index >= 15 is 0 Å². The average Bonchev–Trinajstić information content (AvgIpc) is 2.51. The molecule has 24 heavy (non-hydrogen) atoms. The van der Waals surface area contributed by atoms with Crippen LogP contribution < -0.4 is 0 Å². The quantitative estimate of drug-likeness (QED) is 0.792. The van der Waals surface area contributed by atoms with Crippen LogP contribution in [0.3, 0.4) is 0 Å². The largest absolute Gasteiger partial charge is 0.343 e. The minimum Gasteiger partial charge on any atom is -0.343 e. The first-order chi connectivity index (χ1) is 11.3. The van der Waals surface area contributed by atoms with Gasteiger partial charge in [-0.2, -0.15) is 0 Å². The second kappa shape index (κ2) is 8.15. The maximum atomic E-state index is 12.4. The van der Waals surface area contributed by atoms with Gasteiger partial charge in [-0.15, -0.1) is 0 Å². The van der Waals surface area contributed by atoms with Crippen molar-refractivity contribution in [2.75, 3.05) is 18.8 Å². The Bertz CT molecular complexity index is 659. The second-order valence-electron chi connectivity index (χ2n) is 7.29. The number of piperidine rings is 1. The molecule has 1 aliphatic rings. The Morgan fingerprint density at radius 3 is 2.50 bits per heavy atom. The van der Waals surface area contributed by atoms with Crippen LogP contribution in [0, 0.1) is 12.8 Å². The van der Waals surface area contributed by atoms with Gasteiger partial charge in [0.25, 0.3) is 0 Å². The molecule has 0 radical (unpaired) electrons. The first-order valence-electron chi connectivity index (χ1n) is 8.83. The summed E-state index contributed by atoms with van der Waals surface area (Å²) in [4.78, 5) is 14.2. The molecule has 5 heteroatoms. The fourth-order valence-electron chi connectivity index (χ4n) is 3.34. The van der Waals surface area contributed by atoms with E-state index in [2.05, 4.69) is 6.07 Å². The zero-order valence-electron chi connectivity index (χ0n) is 15.0. The van der Waals surface area contributed by atoms with Crippen molar-refractivity contribution >= 4 is 15.7 Å². The summed E-state index contributed by atoms with van der Waals surface area (Å²) in [7, 11) is -3.03. The Kier molecular flexibility index (Phi) is 6.44. The molecule has 1 amide bonds. The molecule has 4 nitrogen and oxygen atoms in total. The molecular formula is C19H29NO3S. The van der Waals surface area contributed by atoms with Gasteiger partial charge in [-0.1, -0.05) is 43.7 Å². The summed E-state index contributed by atoms with van der Waals surface area (Å²) in [6, 6.07) is 8.22. The van der Waals surface area contributed by atoms with E-state index in [4.69, 9.17) is 0 Å². The van der Waals surface area contributed by atoms with Crippen molar-refractivity contribution in [1.29, 1.82) is 0 Å². The number of carbonyl (C=O) groups excluding carboxylic acids is 1. The van der Waals surface area contributed by atoms with Gasteiger partial charge in [0, 0.05) is 19.5 Å². The van der Waals surface area contributed by atoms with E-state index in [0.29, 0.717) is 32.4 Å². The average molecular weight is 352 g/mol. The maximum Gasteiger partial charge on any atom is 0.222 e. The van der Waals surface area contributed by atoms with Crippen molar-refractivity contribution in [1.82, 2.24) is 4.90 Å². The number of likely N-dealkylation sites (tertiary alicyclic amines) is 1. The molecule has 1 saturated heterocycles. The molecule has 134 valence electrons. The number of sulfone groups is 1. The van der Waals surface area contributed by atoms with Gasteiger partial charge in [0.1, 0.15) is 0 Å². The number of hydrogen-bond donors (Lipinski definition) is 0. The molecule has 0 aromatic heterocycles. The zero-order valence-corrected chi connectivity index (χ0v) is 15.8. The van der Waals surface area contributed by atoms with Gasteiger partial charge >= 0.3 is 0 Å². The molecule has 0 atom stereocenters. The van der Waals surface area contributed by atoms with E-state index in [1.807, 2.05) is 43.9 Å². The first-order valence-corrected chi connectivity index (χ1v) is 10.5. The highest BCUT2D eigenvalue weighted by atomic mass is 32.2. The standard InChI is InChI=1S/C19H29NO3S/c1-15(2)14-24(22,23)18-9-11-20(12-10-18)19(21)8-7-17-6-4-5-16(3)13-17/h4-6,13,15,18H,7-12,14H2,1-3H3. The topological polar surface area (TPSA) is 54.5 Å². The lowest BCUT2D eigenvalue weighted by molar-refractivity contribution is -0.132. The van der Waals surface area contributed by atoms with E-state index in [1.54, 1.807) is 0 Å². The molecule has 1 fully saturated rings. The smallest absolute Gasteiger partial charge is 0.222 e. The molecule has 0 aliphatic carbocycles. The molecule has 1 aromatic rings. The minimum absolute atomic E-state index is 0.135. The van der Waals surface area contributed by atoms with E-state index in [-0.39, 0.29) is 22.8 Å². The van der Waals surface area contributed by atoms with Crippen LogP contribution in [0.4, 0.5) is 0 Å². The third-order valence-corrected chi connectivity index (χ3v) is 7.20. The van der Waals surface area contributed by atoms with Crippen LogP contribution in [0.1, 0.15) is 44.2 Å². The summed E-state index contributed by atoms with van der Waals surface area (Å²) in [6.07, 6.45) is 2.38. The highest BCUT2D eigenvalue weighted by molar-refractivity contribution is 7.92. The second-order valence-corrected chi connectivity index (χ2v) is 9.62. The molecular weight excluding hydrogens is 322 g/mol. The number of carbonyl (C=O) groups is 1. The zero-order chi connectivity index (χ0) is 17.7. The lowest BCUT2D eigenvalue weighted by Gasteiger charge is -2.32. The number of benzene rings is 1. The molecule has 0 spiro atoms. The Morgan fingerprint density at radius 1 is 1.25 bits per heavy atom. The van der Waals surface area contributed by atoms with Gasteiger partial charge in [-0.25, -0.2) is 8.42 Å². The first kappa shape index (κ1) is 19.0. The number of rotatable bonds is 6. The van der Waals surface area contributed by atoms with Crippen molar-refractivity contribution in [3.8, 4) is 0 Å². The maximum absolute atomic E-state index is 12.4. The molecule has 0 N–H and O–H groups in total. The van der Waals surface area contributed by atoms with Crippen molar-refractivity contribution in [3.63, 3.8) is 0 Å². The van der Waals surface area contributed by atoms with Crippen LogP contribution in [0.25, 0.3) is 0 Å². The number of hydrogen-bond acceptors (Lipinski definition) is 3. The molecule has 1 heterocycles. The molecule has 0 saturated carbocycles. The van der Waals surface area contributed by atoms with Gasteiger partial charge in [0.05, 0.1) is 11.0 Å². The summed E-state index contributed by atoms with van der Waals surface area (Å²) in [5, 5.41) is -0.277. The number of aryl methyl sites for hydroxylation is 2. The van der Waals surface area contributed by atoms with Crippen molar-refractivity contribution in [3.05, 3.63) is 35.4 Å². The highest BCUT2D eigenvalue weighted by Gasteiger charge is 2.31. The Balaban J connectivity index is 1.82. The van der Waals surface area contributed by atoms with Crippen molar-refractivity contribution in [2.45, 2.75) is 51.7 Å². The van der Waals surface area contributed by atoms with Gasteiger partial charge in [0.15, 0.2) is 9.84 Å². The van der Waals surface area contributed by atoms with E-state index in [1.165, 1.54) is 11.1 Å². The number of nitrogens with zero attached hydrogens (tertiary/aromatic N) is 1. The summed E-state index contributed by atoms with van der Waals surface area (Å²) < 4.78 is 24.6. The molecule has 1 aromatic carbocycles. The molecule has 0 unspecified atom stereocenters. The molecule has 2 rings (SSSR count). The summed E-state index contributed by atoms with van der Waals surface area (Å²) >= 11 is 0. The summed E-state index contributed by atoms with van der Waals surface area (Å²) in [5.41, 5.74) is 2.38. The molecule has 1 aliphatic heterocycles. The number of amides is 1. The lowest BCUT2D eigenvalue weighted by atomic mass is 10.1. The Morgan fingerprint density at radius 2 is 1.92 bits per heavy atom. The van der Waals surface area contributed by atoms with Gasteiger partial charge in [-0.3, -0.25) is 4.79 Å². The third-order valence-electron chi connectivity index (χ3n) is 4.58. The predicted molar refractivity (Wildman–Crippen MR) is 97.7 cm³/mol. The SMILES string of the molecule is Cc1cccc(CCC(=O)N2CCC(S(=O)(=O)CC(C)C)CC2)c1. The predicted octanol–water partition coefficient (Wildman–Crippen LogP) is 2.99. The van der Waals surface area contributed by atoms with Crippen LogP contribution in [0.2, 0.25) is 0 Å². The fourth-order valence-corrected chi connectivity index (χ4v) is 5.47. The highest BCUT2D eigenvalue weighted by Crippen LogP contribution is 2.21. The van der Waals surface area contributed by atoms with Crippen LogP contribution in [-0.2, 0) is 21.1 Å². The van der Waals surface area contributed by atoms with Gasteiger partial charge < -0.3 is 4.90 Å². The van der Waals surface area contributed by atoms with Crippen LogP contribution in [0.15, 0.2) is 24.3 Å². The minimum atomic E-state index is -3.03. The van der Waals surface area contributed by atoms with Crippen LogP contribution in [-0.4, -0.2) is 43.3 Å². The molecule has 0 bridgehead atoms. The normalized spacial score (nSPS) is 16.6. The van der Waals surface area contributed by atoms with E-state index < -0.39 is 9.84 Å². The van der Waals surface area contributed by atoms with E-state index in [0.717, 1.165) is 6.42 Å². The lowest BCUT2D eigenvalue weighted by Crippen LogP contribution is -2.43. The van der Waals surface area contributed by atoms with Crippen LogP contribution in [0.5, 0.6) is 0 Å². The Labute approximate surface area is 146 Å². The van der Waals surface area contributed by atoms with Gasteiger partial charge in [0.2, 0.25) is 5.91 Å². The van der Waals surface area contributed by atoms with E-state index in [9.17, 15) is 13.2 Å². The summed E-state index contributed by atoms with van der Waals surface area (Å²) in [6.45, 7) is 7.04.